The molecular weight excluding hydrogens is 332 g/mol. The number of rotatable bonds is 4. The third-order valence-electron chi connectivity index (χ3n) is 4.08. The largest absolute Gasteiger partial charge is 0.458 e. The van der Waals surface area contributed by atoms with Crippen LogP contribution in [0.1, 0.15) is 17.0 Å². The van der Waals surface area contributed by atoms with Crippen LogP contribution in [0.25, 0.3) is 17.0 Å². The summed E-state index contributed by atoms with van der Waals surface area (Å²) in [4.78, 5) is 9.11. The third-order valence-corrected chi connectivity index (χ3v) is 4.08. The van der Waals surface area contributed by atoms with Crippen LogP contribution in [0.2, 0.25) is 0 Å². The number of ether oxygens (including phenoxy) is 1. The van der Waals surface area contributed by atoms with Crippen LogP contribution in [-0.2, 0) is 13.7 Å². The van der Waals surface area contributed by atoms with E-state index in [4.69, 9.17) is 4.74 Å². The number of hydrogen-bond donors (Lipinski definition) is 1. The van der Waals surface area contributed by atoms with Crippen LogP contribution in [-0.4, -0.2) is 34.7 Å². The number of para-hydroxylation sites is 2. The van der Waals surface area contributed by atoms with Gasteiger partial charge in [-0.1, -0.05) is 23.3 Å². The van der Waals surface area contributed by atoms with Crippen molar-refractivity contribution in [3.63, 3.8) is 0 Å². The van der Waals surface area contributed by atoms with Gasteiger partial charge in [-0.2, -0.15) is 4.98 Å². The lowest BCUT2D eigenvalue weighted by Crippen LogP contribution is -2.09. The van der Waals surface area contributed by atoms with Crippen molar-refractivity contribution in [1.82, 2.24) is 40.9 Å². The Kier molecular flexibility index (Phi) is 4.63. The van der Waals surface area contributed by atoms with E-state index in [9.17, 15) is 0 Å². The topological polar surface area (TPSA) is 119 Å². The number of tetrazole rings is 1. The first kappa shape index (κ1) is 17.5. The predicted octanol–water partition coefficient (Wildman–Crippen LogP) is 2.30. The maximum absolute atomic E-state index is 5.96. The van der Waals surface area contributed by atoms with Gasteiger partial charge in [0.25, 0.3) is 5.95 Å². The van der Waals surface area contributed by atoms with Crippen molar-refractivity contribution in [1.29, 1.82) is 0 Å². The van der Waals surface area contributed by atoms with Gasteiger partial charge in [0, 0.05) is 12.7 Å². The molecule has 3 heterocycles. The lowest BCUT2D eigenvalue weighted by atomic mass is 10.2. The molecule has 0 atom stereocenters. The van der Waals surface area contributed by atoms with Gasteiger partial charge in [-0.05, 0) is 48.0 Å². The second kappa shape index (κ2) is 6.89. The molecule has 0 amide bonds. The molecule has 3 aromatic heterocycles. The average Bonchev–Trinajstić information content (AvgIpc) is 3.18. The summed E-state index contributed by atoms with van der Waals surface area (Å²) in [6.45, 7) is 4.34. The summed E-state index contributed by atoms with van der Waals surface area (Å²) in [5.41, 5.74) is 4.68. The Hall–Kier alpha value is -3.33. The molecule has 0 unspecified atom stereocenters. The maximum atomic E-state index is 5.96. The Morgan fingerprint density at radius 2 is 1.85 bits per heavy atom. The van der Waals surface area contributed by atoms with Crippen LogP contribution in [0.15, 0.2) is 36.4 Å². The van der Waals surface area contributed by atoms with Gasteiger partial charge in [0.2, 0.25) is 0 Å². The third kappa shape index (κ3) is 3.00. The zero-order chi connectivity index (χ0) is 17.4. The van der Waals surface area contributed by atoms with Gasteiger partial charge in [0.1, 0.15) is 6.61 Å². The Labute approximate surface area is 150 Å². The van der Waals surface area contributed by atoms with Crippen LogP contribution in [0.3, 0.4) is 0 Å². The Morgan fingerprint density at radius 1 is 1.04 bits per heavy atom. The predicted molar refractivity (Wildman–Crippen MR) is 96.5 cm³/mol. The van der Waals surface area contributed by atoms with Gasteiger partial charge >= 0.3 is 6.01 Å². The fraction of sp³-hybridized carbons (Fsp3) is 0.235. The van der Waals surface area contributed by atoms with Crippen LogP contribution in [0, 0.1) is 13.8 Å². The minimum absolute atomic E-state index is 0. The standard InChI is InChI=1S/C17H17N7O.H3N/c1-11-8-9-13(18-12(11)2)10-25-17-19-14-6-4-5-7-15(14)24(17)16-20-21-22-23(16)3;/h4-9H,10H2,1-3H3;1H3. The first-order valence-electron chi connectivity index (χ1n) is 7.89. The van der Waals surface area contributed by atoms with E-state index in [1.165, 1.54) is 0 Å². The number of aryl methyl sites for hydroxylation is 3. The molecular formula is C17H20N8O. The molecule has 0 aliphatic carbocycles. The van der Waals surface area contributed by atoms with E-state index in [1.807, 2.05) is 50.2 Å². The number of hydrogen-bond acceptors (Lipinski definition) is 7. The fourth-order valence-electron chi connectivity index (χ4n) is 2.61. The zero-order valence-electron chi connectivity index (χ0n) is 14.9. The monoisotopic (exact) mass is 352 g/mol. The van der Waals surface area contributed by atoms with Crippen LogP contribution in [0.4, 0.5) is 0 Å². The molecule has 0 fully saturated rings. The fourth-order valence-corrected chi connectivity index (χ4v) is 2.61. The maximum Gasteiger partial charge on any atom is 0.305 e. The molecule has 9 heteroatoms. The quantitative estimate of drug-likeness (QED) is 0.598. The molecule has 0 saturated heterocycles. The van der Waals surface area contributed by atoms with E-state index in [-0.39, 0.29) is 6.15 Å². The van der Waals surface area contributed by atoms with Gasteiger partial charge in [-0.15, -0.1) is 0 Å². The first-order chi connectivity index (χ1) is 12.1. The molecule has 0 radical (unpaired) electrons. The lowest BCUT2D eigenvalue weighted by Gasteiger charge is -2.09. The molecule has 4 aromatic rings. The summed E-state index contributed by atoms with van der Waals surface area (Å²) in [6, 6.07) is 12.2. The molecule has 0 spiro atoms. The number of fused-ring (bicyclic) bond motifs is 1. The molecule has 0 saturated carbocycles. The van der Waals surface area contributed by atoms with Crippen molar-refractivity contribution >= 4 is 11.0 Å². The van der Waals surface area contributed by atoms with Gasteiger partial charge < -0.3 is 10.9 Å². The van der Waals surface area contributed by atoms with Crippen molar-refractivity contribution in [2.45, 2.75) is 20.5 Å². The SMILES string of the molecule is Cc1ccc(COc2nc3ccccc3n2-c2nnnn2C)nc1C.N. The van der Waals surface area contributed by atoms with Crippen molar-refractivity contribution in [3.8, 4) is 12.0 Å². The van der Waals surface area contributed by atoms with E-state index in [1.54, 1.807) is 16.3 Å². The number of benzene rings is 1. The van der Waals surface area contributed by atoms with Crippen LogP contribution in [0.5, 0.6) is 6.01 Å². The molecule has 1 aromatic carbocycles. The van der Waals surface area contributed by atoms with Crippen molar-refractivity contribution < 1.29 is 4.74 Å². The number of nitrogens with zero attached hydrogens (tertiary/aromatic N) is 7. The highest BCUT2D eigenvalue weighted by atomic mass is 16.5. The first-order valence-corrected chi connectivity index (χ1v) is 7.89. The lowest BCUT2D eigenvalue weighted by molar-refractivity contribution is 0.272. The number of imidazole rings is 1. The molecule has 3 N–H and O–H groups in total. The van der Waals surface area contributed by atoms with Gasteiger partial charge in [-0.25, -0.2) is 9.25 Å². The summed E-state index contributed by atoms with van der Waals surface area (Å²) in [7, 11) is 1.78. The molecule has 4 rings (SSSR count). The summed E-state index contributed by atoms with van der Waals surface area (Å²) in [5, 5.41) is 11.7. The highest BCUT2D eigenvalue weighted by molar-refractivity contribution is 5.78. The molecule has 26 heavy (non-hydrogen) atoms. The summed E-state index contributed by atoms with van der Waals surface area (Å²) in [5.74, 6) is 0.539. The second-order valence-electron chi connectivity index (χ2n) is 5.81. The van der Waals surface area contributed by atoms with Crippen molar-refractivity contribution in [3.05, 3.63) is 53.3 Å². The minimum Gasteiger partial charge on any atom is -0.458 e. The molecule has 0 bridgehead atoms. The van der Waals surface area contributed by atoms with E-state index in [0.717, 1.165) is 28.0 Å². The van der Waals surface area contributed by atoms with E-state index in [0.29, 0.717) is 18.6 Å². The average molecular weight is 352 g/mol. The zero-order valence-corrected chi connectivity index (χ0v) is 14.9. The highest BCUT2D eigenvalue weighted by Crippen LogP contribution is 2.25. The van der Waals surface area contributed by atoms with E-state index < -0.39 is 0 Å². The summed E-state index contributed by atoms with van der Waals surface area (Å²) >= 11 is 0. The second-order valence-corrected chi connectivity index (χ2v) is 5.81. The Morgan fingerprint density at radius 3 is 2.58 bits per heavy atom. The summed E-state index contributed by atoms with van der Waals surface area (Å²) < 4.78 is 9.34. The number of aromatic nitrogens is 7. The Bertz CT molecular complexity index is 1050. The molecule has 0 aliphatic heterocycles. The van der Waals surface area contributed by atoms with Crippen molar-refractivity contribution in [2.75, 3.05) is 0 Å². The van der Waals surface area contributed by atoms with Gasteiger partial charge in [0.05, 0.1) is 16.7 Å². The Balaban J connectivity index is 0.00000196. The van der Waals surface area contributed by atoms with Gasteiger partial charge in [-0.3, -0.25) is 4.98 Å². The molecule has 134 valence electrons. The molecule has 9 nitrogen and oxygen atoms in total. The van der Waals surface area contributed by atoms with Gasteiger partial charge in [0.15, 0.2) is 0 Å². The van der Waals surface area contributed by atoms with Crippen LogP contribution >= 0.6 is 0 Å². The smallest absolute Gasteiger partial charge is 0.305 e. The van der Waals surface area contributed by atoms with E-state index in [2.05, 4.69) is 25.5 Å². The summed E-state index contributed by atoms with van der Waals surface area (Å²) in [6.07, 6.45) is 0. The van der Waals surface area contributed by atoms with Crippen LogP contribution < -0.4 is 10.9 Å². The molecule has 0 aliphatic rings. The number of pyridine rings is 1. The minimum atomic E-state index is 0. The van der Waals surface area contributed by atoms with E-state index >= 15 is 0 Å². The van der Waals surface area contributed by atoms with Crippen molar-refractivity contribution in [2.24, 2.45) is 7.05 Å². The normalized spacial score (nSPS) is 10.7. The highest BCUT2D eigenvalue weighted by Gasteiger charge is 2.18.